The highest BCUT2D eigenvalue weighted by Crippen LogP contribution is 2.28. The summed E-state index contributed by atoms with van der Waals surface area (Å²) in [6, 6.07) is 23.0. The van der Waals surface area contributed by atoms with E-state index in [9.17, 15) is 9.59 Å². The number of unbranched alkanes of at least 4 members (excludes halogenated alkanes) is 4. The van der Waals surface area contributed by atoms with Gasteiger partial charge in [0, 0.05) is 27.3 Å². The summed E-state index contributed by atoms with van der Waals surface area (Å²) in [5.74, 6) is 0.915. The number of rotatable bonds is 13. The van der Waals surface area contributed by atoms with Crippen LogP contribution < -0.4 is 4.74 Å². The number of hydrogen-bond acceptors (Lipinski definition) is 4. The van der Waals surface area contributed by atoms with Gasteiger partial charge in [0.05, 0.1) is 7.11 Å². The van der Waals surface area contributed by atoms with Crippen molar-refractivity contribution in [1.29, 1.82) is 0 Å². The summed E-state index contributed by atoms with van der Waals surface area (Å²) in [6.07, 6.45) is 9.83. The topological polar surface area (TPSA) is 43.4 Å². The van der Waals surface area contributed by atoms with Crippen molar-refractivity contribution < 1.29 is 14.3 Å². The Morgan fingerprint density at radius 2 is 1.35 bits per heavy atom. The Morgan fingerprint density at radius 1 is 0.765 bits per heavy atom. The van der Waals surface area contributed by atoms with Crippen LogP contribution in [0.1, 0.15) is 71.7 Å². The fraction of sp³-hybridized carbons (Fsp3) is 0.267. The summed E-state index contributed by atoms with van der Waals surface area (Å²) in [5.41, 5.74) is 2.38. The first-order valence-corrected chi connectivity index (χ1v) is 12.7. The third kappa shape index (κ3) is 8.03. The van der Waals surface area contributed by atoms with Gasteiger partial charge < -0.3 is 4.74 Å². The van der Waals surface area contributed by atoms with E-state index in [0.717, 1.165) is 39.5 Å². The summed E-state index contributed by atoms with van der Waals surface area (Å²) in [6.45, 7) is 2.20. The predicted molar refractivity (Wildman–Crippen MR) is 141 cm³/mol. The summed E-state index contributed by atoms with van der Waals surface area (Å²) < 4.78 is 5.13. The Kier molecular flexibility index (Phi) is 10.2. The van der Waals surface area contributed by atoms with E-state index in [1.165, 1.54) is 19.3 Å². The van der Waals surface area contributed by atoms with Gasteiger partial charge in [0.25, 0.3) is 0 Å². The zero-order chi connectivity index (χ0) is 24.2. The third-order valence-electron chi connectivity index (χ3n) is 5.60. The second-order valence-corrected chi connectivity index (χ2v) is 9.36. The molecule has 0 atom stereocenters. The molecule has 0 spiro atoms. The minimum atomic E-state index is -0.0447. The number of carbonyl (C=O) groups excluding carboxylic acids is 2. The SMILES string of the molecule is CCCCCCCC(=O)c1ccc(Sc2ccc(C=CC(=O)c3ccc(OC)cc3)cc2)cc1. The van der Waals surface area contributed by atoms with E-state index in [0.29, 0.717) is 12.0 Å². The normalized spacial score (nSPS) is 11.0. The Balaban J connectivity index is 1.50. The van der Waals surface area contributed by atoms with E-state index in [2.05, 4.69) is 6.92 Å². The van der Waals surface area contributed by atoms with Crippen LogP contribution in [0.3, 0.4) is 0 Å². The second kappa shape index (κ2) is 13.6. The van der Waals surface area contributed by atoms with Gasteiger partial charge in [-0.25, -0.2) is 0 Å². The van der Waals surface area contributed by atoms with Crippen LogP contribution in [0.2, 0.25) is 0 Å². The van der Waals surface area contributed by atoms with Crippen molar-refractivity contribution in [3.63, 3.8) is 0 Å². The molecule has 0 fully saturated rings. The molecule has 0 N–H and O–H groups in total. The molecule has 0 aromatic heterocycles. The van der Waals surface area contributed by atoms with Crippen molar-refractivity contribution in [3.05, 3.63) is 95.6 Å². The van der Waals surface area contributed by atoms with Crippen LogP contribution >= 0.6 is 11.8 Å². The minimum absolute atomic E-state index is 0.0447. The van der Waals surface area contributed by atoms with Gasteiger partial charge in [-0.15, -0.1) is 0 Å². The third-order valence-corrected chi connectivity index (χ3v) is 6.62. The number of methoxy groups -OCH3 is 1. The lowest BCUT2D eigenvalue weighted by Gasteiger charge is -2.05. The smallest absolute Gasteiger partial charge is 0.185 e. The van der Waals surface area contributed by atoms with Gasteiger partial charge >= 0.3 is 0 Å². The standard InChI is InChI=1S/C30H32O3S/c1-3-4-5-6-7-8-29(31)25-14-20-28(21-15-25)34-27-18-9-23(10-19-27)11-22-30(32)24-12-16-26(33-2)17-13-24/h9-22H,3-8H2,1-2H3. The van der Waals surface area contributed by atoms with E-state index < -0.39 is 0 Å². The van der Waals surface area contributed by atoms with Gasteiger partial charge in [-0.2, -0.15) is 0 Å². The molecule has 0 saturated carbocycles. The summed E-state index contributed by atoms with van der Waals surface area (Å²) in [7, 11) is 1.60. The lowest BCUT2D eigenvalue weighted by atomic mass is 10.0. The largest absolute Gasteiger partial charge is 0.497 e. The number of hydrogen-bond donors (Lipinski definition) is 0. The van der Waals surface area contributed by atoms with Crippen molar-refractivity contribution >= 4 is 29.4 Å². The molecule has 4 heteroatoms. The molecule has 34 heavy (non-hydrogen) atoms. The monoisotopic (exact) mass is 472 g/mol. The van der Waals surface area contributed by atoms with Gasteiger partial charge in [-0.1, -0.05) is 74.7 Å². The number of ketones is 2. The van der Waals surface area contributed by atoms with Gasteiger partial charge in [-0.3, -0.25) is 9.59 Å². The molecule has 3 nitrogen and oxygen atoms in total. The molecule has 176 valence electrons. The van der Waals surface area contributed by atoms with Crippen LogP contribution in [0, 0.1) is 0 Å². The van der Waals surface area contributed by atoms with Gasteiger partial charge in [0.1, 0.15) is 5.75 Å². The van der Waals surface area contributed by atoms with Crippen LogP contribution in [-0.2, 0) is 0 Å². The highest BCUT2D eigenvalue weighted by Gasteiger charge is 2.06. The predicted octanol–water partition coefficient (Wildman–Crippen LogP) is 8.29. The van der Waals surface area contributed by atoms with Crippen LogP contribution in [-0.4, -0.2) is 18.7 Å². The molecule has 0 radical (unpaired) electrons. The van der Waals surface area contributed by atoms with Gasteiger partial charge in [0.2, 0.25) is 0 Å². The molecule has 0 aliphatic rings. The number of ether oxygens (including phenoxy) is 1. The highest BCUT2D eigenvalue weighted by atomic mass is 32.2. The van der Waals surface area contributed by atoms with E-state index >= 15 is 0 Å². The van der Waals surface area contributed by atoms with Crippen LogP contribution in [0.5, 0.6) is 5.75 Å². The summed E-state index contributed by atoms with van der Waals surface area (Å²) in [5, 5.41) is 0. The van der Waals surface area contributed by atoms with Crippen molar-refractivity contribution in [2.75, 3.05) is 7.11 Å². The van der Waals surface area contributed by atoms with E-state index in [1.807, 2.05) is 54.6 Å². The summed E-state index contributed by atoms with van der Waals surface area (Å²) >= 11 is 1.65. The molecule has 0 aliphatic heterocycles. The summed E-state index contributed by atoms with van der Waals surface area (Å²) in [4.78, 5) is 26.9. The van der Waals surface area contributed by atoms with Crippen LogP contribution in [0.25, 0.3) is 6.08 Å². The Labute approximate surface area is 207 Å². The molecular formula is C30H32O3S. The molecule has 0 saturated heterocycles. The zero-order valence-corrected chi connectivity index (χ0v) is 20.8. The van der Waals surface area contributed by atoms with Crippen molar-refractivity contribution in [1.82, 2.24) is 0 Å². The average Bonchev–Trinajstić information content (AvgIpc) is 2.88. The molecule has 0 amide bonds. The maximum Gasteiger partial charge on any atom is 0.185 e. The molecule has 3 aromatic carbocycles. The Morgan fingerprint density at radius 3 is 1.97 bits per heavy atom. The van der Waals surface area contributed by atoms with Crippen molar-refractivity contribution in [3.8, 4) is 5.75 Å². The lowest BCUT2D eigenvalue weighted by Crippen LogP contribution is -1.98. The number of allylic oxidation sites excluding steroid dienone is 1. The molecule has 0 heterocycles. The van der Waals surface area contributed by atoms with Gasteiger partial charge in [-0.05, 0) is 66.6 Å². The van der Waals surface area contributed by atoms with Gasteiger partial charge in [0.15, 0.2) is 11.6 Å². The minimum Gasteiger partial charge on any atom is -0.497 e. The molecule has 3 aromatic rings. The lowest BCUT2D eigenvalue weighted by molar-refractivity contribution is 0.0978. The van der Waals surface area contributed by atoms with Crippen LogP contribution in [0.15, 0.2) is 88.7 Å². The average molecular weight is 473 g/mol. The van der Waals surface area contributed by atoms with Crippen molar-refractivity contribution in [2.24, 2.45) is 0 Å². The molecule has 3 rings (SSSR count). The van der Waals surface area contributed by atoms with Crippen molar-refractivity contribution in [2.45, 2.75) is 55.2 Å². The Hall–Kier alpha value is -3.11. The first kappa shape index (κ1) is 25.5. The maximum absolute atomic E-state index is 12.4. The molecule has 0 bridgehead atoms. The molecule has 0 unspecified atom stereocenters. The number of benzene rings is 3. The fourth-order valence-electron chi connectivity index (χ4n) is 3.55. The Bertz CT molecular complexity index is 1080. The molecule has 0 aliphatic carbocycles. The van der Waals surface area contributed by atoms with E-state index in [-0.39, 0.29) is 11.6 Å². The second-order valence-electron chi connectivity index (χ2n) is 8.21. The number of carbonyl (C=O) groups is 2. The van der Waals surface area contributed by atoms with Crippen LogP contribution in [0.4, 0.5) is 0 Å². The quantitative estimate of drug-likeness (QED) is 0.143. The highest BCUT2D eigenvalue weighted by molar-refractivity contribution is 7.99. The first-order chi connectivity index (χ1) is 16.6. The maximum atomic E-state index is 12.4. The number of Topliss-reactive ketones (excluding diaryl/α,β-unsaturated/α-hetero) is 1. The molecular weight excluding hydrogens is 440 g/mol. The zero-order valence-electron chi connectivity index (χ0n) is 20.0. The van der Waals surface area contributed by atoms with E-state index in [1.54, 1.807) is 49.2 Å². The fourth-order valence-corrected chi connectivity index (χ4v) is 4.37. The first-order valence-electron chi connectivity index (χ1n) is 11.9. The van der Waals surface area contributed by atoms with E-state index in [4.69, 9.17) is 4.74 Å².